The Hall–Kier alpha value is -1.42. The van der Waals surface area contributed by atoms with Crippen molar-refractivity contribution in [2.45, 2.75) is 26.3 Å². The third kappa shape index (κ3) is 4.40. The van der Waals surface area contributed by atoms with Gasteiger partial charge in [0, 0.05) is 12.1 Å². The third-order valence-electron chi connectivity index (χ3n) is 2.09. The van der Waals surface area contributed by atoms with Gasteiger partial charge in [0.15, 0.2) is 11.5 Å². The number of hydrogen-bond acceptors (Lipinski definition) is 4. The molecule has 4 heteroatoms. The van der Waals surface area contributed by atoms with E-state index in [4.69, 9.17) is 9.84 Å². The summed E-state index contributed by atoms with van der Waals surface area (Å²) in [5, 5.41) is 21.6. The molecule has 0 saturated carbocycles. The van der Waals surface area contributed by atoms with Crippen molar-refractivity contribution in [2.75, 3.05) is 13.2 Å². The Morgan fingerprint density at radius 1 is 1.25 bits per heavy atom. The lowest BCUT2D eigenvalue weighted by Crippen LogP contribution is -2.24. The van der Waals surface area contributed by atoms with Crippen molar-refractivity contribution >= 4 is 0 Å². The summed E-state index contributed by atoms with van der Waals surface area (Å²) in [5.74, 6) is 0.284. The molecule has 0 amide bonds. The highest BCUT2D eigenvalue weighted by Gasteiger charge is 2.01. The smallest absolute Gasteiger partial charge is 0.161 e. The van der Waals surface area contributed by atoms with Gasteiger partial charge in [-0.25, -0.2) is 0 Å². The Bertz CT molecular complexity index is 326. The molecule has 0 unspecified atom stereocenters. The zero-order chi connectivity index (χ0) is 12.0. The van der Waals surface area contributed by atoms with Crippen molar-refractivity contribution < 1.29 is 14.9 Å². The summed E-state index contributed by atoms with van der Waals surface area (Å²) in [4.78, 5) is 0. The molecule has 0 bridgehead atoms. The second kappa shape index (κ2) is 6.23. The second-order valence-electron chi connectivity index (χ2n) is 3.96. The zero-order valence-electron chi connectivity index (χ0n) is 9.73. The number of benzene rings is 1. The third-order valence-corrected chi connectivity index (χ3v) is 2.09. The minimum atomic E-state index is -0.155. The van der Waals surface area contributed by atoms with Gasteiger partial charge in [-0.05, 0) is 25.1 Å². The van der Waals surface area contributed by atoms with Crippen LogP contribution in [0.4, 0.5) is 0 Å². The summed E-state index contributed by atoms with van der Waals surface area (Å²) in [6.07, 6.45) is 0.903. The molecule has 0 aliphatic heterocycles. The van der Waals surface area contributed by atoms with Crippen molar-refractivity contribution in [3.05, 3.63) is 18.2 Å². The van der Waals surface area contributed by atoms with E-state index in [1.807, 2.05) is 0 Å². The largest absolute Gasteiger partial charge is 0.504 e. The lowest BCUT2D eigenvalue weighted by Gasteiger charge is -2.09. The molecular weight excluding hydrogens is 206 g/mol. The van der Waals surface area contributed by atoms with Crippen LogP contribution in [0.2, 0.25) is 0 Å². The average Bonchev–Trinajstić information content (AvgIpc) is 2.22. The summed E-state index contributed by atoms with van der Waals surface area (Å²) < 4.78 is 5.41. The molecular formula is C12H19NO3. The van der Waals surface area contributed by atoms with Gasteiger partial charge in [0.1, 0.15) is 5.75 Å². The van der Waals surface area contributed by atoms with E-state index in [0.29, 0.717) is 18.4 Å². The van der Waals surface area contributed by atoms with E-state index in [1.165, 1.54) is 12.1 Å². The predicted molar refractivity (Wildman–Crippen MR) is 63.0 cm³/mol. The molecule has 3 N–H and O–H groups in total. The van der Waals surface area contributed by atoms with Gasteiger partial charge in [-0.3, -0.25) is 0 Å². The van der Waals surface area contributed by atoms with Gasteiger partial charge in [0.25, 0.3) is 0 Å². The second-order valence-corrected chi connectivity index (χ2v) is 3.96. The van der Waals surface area contributed by atoms with Crippen LogP contribution in [0.3, 0.4) is 0 Å². The lowest BCUT2D eigenvalue weighted by molar-refractivity contribution is 0.303. The molecule has 0 spiro atoms. The number of rotatable bonds is 6. The van der Waals surface area contributed by atoms with Gasteiger partial charge < -0.3 is 20.3 Å². The zero-order valence-corrected chi connectivity index (χ0v) is 9.73. The van der Waals surface area contributed by atoms with Gasteiger partial charge in [0.05, 0.1) is 6.61 Å². The van der Waals surface area contributed by atoms with Crippen LogP contribution in [0.5, 0.6) is 17.2 Å². The highest BCUT2D eigenvalue weighted by Crippen LogP contribution is 2.28. The monoisotopic (exact) mass is 225 g/mol. The van der Waals surface area contributed by atoms with E-state index in [2.05, 4.69) is 19.2 Å². The van der Waals surface area contributed by atoms with Crippen LogP contribution < -0.4 is 10.1 Å². The first-order valence-electron chi connectivity index (χ1n) is 5.47. The molecule has 0 aliphatic rings. The summed E-state index contributed by atoms with van der Waals surface area (Å²) in [5.41, 5.74) is 0. The van der Waals surface area contributed by atoms with Crippen LogP contribution in [0.1, 0.15) is 20.3 Å². The Balaban J connectivity index is 2.24. The number of phenols is 2. The van der Waals surface area contributed by atoms with E-state index in [9.17, 15) is 5.11 Å². The standard InChI is InChI=1S/C12H19NO3/c1-9(2)13-6-3-7-16-10-4-5-11(14)12(15)8-10/h4-5,8-9,13-15H,3,6-7H2,1-2H3. The Kier molecular flexibility index (Phi) is 4.92. The molecule has 0 heterocycles. The fraction of sp³-hybridized carbons (Fsp3) is 0.500. The van der Waals surface area contributed by atoms with Gasteiger partial charge in [0.2, 0.25) is 0 Å². The molecule has 0 aromatic heterocycles. The number of hydrogen-bond donors (Lipinski definition) is 3. The minimum Gasteiger partial charge on any atom is -0.504 e. The topological polar surface area (TPSA) is 61.7 Å². The van der Waals surface area contributed by atoms with Crippen LogP contribution in [-0.2, 0) is 0 Å². The number of ether oxygens (including phenoxy) is 1. The van der Waals surface area contributed by atoms with Crippen LogP contribution >= 0.6 is 0 Å². The first kappa shape index (κ1) is 12.6. The molecule has 4 nitrogen and oxygen atoms in total. The highest BCUT2D eigenvalue weighted by molar-refractivity contribution is 5.43. The Labute approximate surface area is 95.9 Å². The molecule has 1 aromatic carbocycles. The predicted octanol–water partition coefficient (Wildman–Crippen LogP) is 1.86. The van der Waals surface area contributed by atoms with Crippen LogP contribution in [0, 0.1) is 0 Å². The number of aromatic hydroxyl groups is 2. The molecule has 1 rings (SSSR count). The fourth-order valence-electron chi connectivity index (χ4n) is 1.25. The molecule has 16 heavy (non-hydrogen) atoms. The van der Waals surface area contributed by atoms with Gasteiger partial charge in [-0.2, -0.15) is 0 Å². The number of phenolic OH excluding ortho intramolecular Hbond substituents is 2. The van der Waals surface area contributed by atoms with Crippen molar-refractivity contribution in [1.82, 2.24) is 5.32 Å². The van der Waals surface area contributed by atoms with Crippen LogP contribution in [0.25, 0.3) is 0 Å². The van der Waals surface area contributed by atoms with Crippen LogP contribution in [0.15, 0.2) is 18.2 Å². The first-order valence-corrected chi connectivity index (χ1v) is 5.47. The van der Waals surface area contributed by atoms with Crippen molar-refractivity contribution in [2.24, 2.45) is 0 Å². The van der Waals surface area contributed by atoms with Crippen molar-refractivity contribution in [1.29, 1.82) is 0 Å². The quantitative estimate of drug-likeness (QED) is 0.511. The van der Waals surface area contributed by atoms with Crippen LogP contribution in [-0.4, -0.2) is 29.4 Å². The average molecular weight is 225 g/mol. The number of nitrogens with one attached hydrogen (secondary N) is 1. The van der Waals surface area contributed by atoms with Gasteiger partial charge in [-0.15, -0.1) is 0 Å². The maximum absolute atomic E-state index is 9.23. The molecule has 90 valence electrons. The van der Waals surface area contributed by atoms with Gasteiger partial charge in [-0.1, -0.05) is 13.8 Å². The van der Waals surface area contributed by atoms with E-state index >= 15 is 0 Å². The maximum Gasteiger partial charge on any atom is 0.161 e. The molecule has 0 fully saturated rings. The fourth-order valence-corrected chi connectivity index (χ4v) is 1.25. The van der Waals surface area contributed by atoms with E-state index < -0.39 is 0 Å². The SMILES string of the molecule is CC(C)NCCCOc1ccc(O)c(O)c1. The van der Waals surface area contributed by atoms with E-state index in [1.54, 1.807) is 6.07 Å². The summed E-state index contributed by atoms with van der Waals surface area (Å²) >= 11 is 0. The Morgan fingerprint density at radius 3 is 2.62 bits per heavy atom. The van der Waals surface area contributed by atoms with Gasteiger partial charge >= 0.3 is 0 Å². The summed E-state index contributed by atoms with van der Waals surface area (Å²) in [7, 11) is 0. The van der Waals surface area contributed by atoms with Crippen molar-refractivity contribution in [3.63, 3.8) is 0 Å². The molecule has 0 radical (unpaired) electrons. The highest BCUT2D eigenvalue weighted by atomic mass is 16.5. The summed E-state index contributed by atoms with van der Waals surface area (Å²) in [6, 6.07) is 4.94. The van der Waals surface area contributed by atoms with Crippen molar-refractivity contribution in [3.8, 4) is 17.2 Å². The molecule has 0 saturated heterocycles. The molecule has 1 aromatic rings. The summed E-state index contributed by atoms with van der Waals surface area (Å²) in [6.45, 7) is 5.68. The lowest BCUT2D eigenvalue weighted by atomic mass is 10.3. The Morgan fingerprint density at radius 2 is 2.00 bits per heavy atom. The van der Waals surface area contributed by atoms with E-state index in [-0.39, 0.29) is 11.5 Å². The first-order chi connectivity index (χ1) is 7.59. The normalized spacial score (nSPS) is 10.7. The van der Waals surface area contributed by atoms with E-state index in [0.717, 1.165) is 13.0 Å². The maximum atomic E-state index is 9.23. The molecule has 0 aliphatic carbocycles. The molecule has 0 atom stereocenters. The minimum absolute atomic E-state index is 0.131.